The van der Waals surface area contributed by atoms with E-state index in [1.807, 2.05) is 18.2 Å². The van der Waals surface area contributed by atoms with Gasteiger partial charge in [0, 0.05) is 5.56 Å². The molecular formula is C14H19NO3. The molecule has 0 amide bonds. The molecule has 1 aromatic rings. The van der Waals surface area contributed by atoms with Gasteiger partial charge < -0.3 is 14.6 Å². The number of hydrogen-bond acceptors (Lipinski definition) is 4. The average Bonchev–Trinajstić information content (AvgIpc) is 2.91. The fourth-order valence-corrected chi connectivity index (χ4v) is 2.95. The largest absolute Gasteiger partial charge is 0.497 e. The predicted molar refractivity (Wildman–Crippen MR) is 68.0 cm³/mol. The Morgan fingerprint density at radius 3 is 2.83 bits per heavy atom. The topological polar surface area (TPSA) is 41.9 Å². The lowest BCUT2D eigenvalue weighted by atomic mass is 9.96. The zero-order valence-corrected chi connectivity index (χ0v) is 10.6. The molecule has 2 atom stereocenters. The lowest BCUT2D eigenvalue weighted by Crippen LogP contribution is -2.40. The van der Waals surface area contributed by atoms with Crippen LogP contribution >= 0.6 is 0 Å². The van der Waals surface area contributed by atoms with Crippen molar-refractivity contribution in [1.29, 1.82) is 0 Å². The second-order valence-electron chi connectivity index (χ2n) is 4.97. The Morgan fingerprint density at radius 1 is 1.33 bits per heavy atom. The van der Waals surface area contributed by atoms with Crippen LogP contribution in [0.4, 0.5) is 0 Å². The van der Waals surface area contributed by atoms with Crippen molar-refractivity contribution >= 4 is 0 Å². The number of rotatable bonds is 2. The molecule has 98 valence electrons. The minimum absolute atomic E-state index is 0.0475. The monoisotopic (exact) mass is 249 g/mol. The van der Waals surface area contributed by atoms with Crippen LogP contribution in [0.15, 0.2) is 18.2 Å². The van der Waals surface area contributed by atoms with Gasteiger partial charge in [0.1, 0.15) is 24.2 Å². The maximum atomic E-state index is 10.2. The third-order valence-corrected chi connectivity index (χ3v) is 3.84. The molecule has 4 nitrogen and oxygen atoms in total. The number of ether oxygens (including phenoxy) is 2. The van der Waals surface area contributed by atoms with Crippen molar-refractivity contribution in [3.05, 3.63) is 23.8 Å². The highest BCUT2D eigenvalue weighted by molar-refractivity contribution is 5.44. The Kier molecular flexibility index (Phi) is 3.14. The molecule has 2 aliphatic rings. The molecule has 0 radical (unpaired) electrons. The third-order valence-electron chi connectivity index (χ3n) is 3.84. The van der Waals surface area contributed by atoms with Crippen molar-refractivity contribution in [2.45, 2.75) is 25.0 Å². The third kappa shape index (κ3) is 1.95. The second kappa shape index (κ2) is 4.78. The van der Waals surface area contributed by atoms with Gasteiger partial charge in [-0.15, -0.1) is 0 Å². The smallest absolute Gasteiger partial charge is 0.124 e. The predicted octanol–water partition coefficient (Wildman–Crippen LogP) is 1.59. The number of fused-ring (bicyclic) bond motifs is 1. The van der Waals surface area contributed by atoms with Gasteiger partial charge in [-0.3, -0.25) is 4.90 Å². The maximum absolute atomic E-state index is 10.2. The van der Waals surface area contributed by atoms with E-state index in [0.29, 0.717) is 6.61 Å². The molecule has 0 saturated carbocycles. The summed E-state index contributed by atoms with van der Waals surface area (Å²) in [6.45, 7) is 2.48. The van der Waals surface area contributed by atoms with E-state index in [2.05, 4.69) is 4.90 Å². The first-order valence-corrected chi connectivity index (χ1v) is 6.52. The summed E-state index contributed by atoms with van der Waals surface area (Å²) in [5, 5.41) is 10.2. The summed E-state index contributed by atoms with van der Waals surface area (Å²) in [7, 11) is 1.66. The van der Waals surface area contributed by atoms with Gasteiger partial charge in [-0.1, -0.05) is 0 Å². The molecule has 3 rings (SSSR count). The molecule has 0 aliphatic carbocycles. The van der Waals surface area contributed by atoms with E-state index < -0.39 is 6.10 Å². The highest BCUT2D eigenvalue weighted by Crippen LogP contribution is 2.39. The van der Waals surface area contributed by atoms with Crippen molar-refractivity contribution in [1.82, 2.24) is 4.90 Å². The highest BCUT2D eigenvalue weighted by Gasteiger charge is 2.35. The van der Waals surface area contributed by atoms with Crippen molar-refractivity contribution in [2.24, 2.45) is 0 Å². The molecule has 2 heterocycles. The first-order valence-electron chi connectivity index (χ1n) is 6.52. The Hall–Kier alpha value is -1.26. The number of aliphatic hydroxyl groups is 1. The highest BCUT2D eigenvalue weighted by atomic mass is 16.5. The molecule has 1 N–H and O–H groups in total. The fourth-order valence-electron chi connectivity index (χ4n) is 2.95. The molecule has 1 fully saturated rings. The van der Waals surface area contributed by atoms with Crippen LogP contribution in [0.25, 0.3) is 0 Å². The number of hydrogen-bond donors (Lipinski definition) is 1. The van der Waals surface area contributed by atoms with Crippen LogP contribution in [0.2, 0.25) is 0 Å². The van der Waals surface area contributed by atoms with Crippen LogP contribution in [0.1, 0.15) is 24.4 Å². The average molecular weight is 249 g/mol. The molecular weight excluding hydrogens is 230 g/mol. The van der Waals surface area contributed by atoms with E-state index in [-0.39, 0.29) is 6.04 Å². The summed E-state index contributed by atoms with van der Waals surface area (Å²) >= 11 is 0. The van der Waals surface area contributed by atoms with Gasteiger partial charge in [0.15, 0.2) is 0 Å². The van der Waals surface area contributed by atoms with Gasteiger partial charge in [0.05, 0.1) is 13.2 Å². The number of aliphatic hydroxyl groups excluding tert-OH is 1. The standard InChI is InChI=1S/C14H19NO3/c1-17-10-4-5-13-11(8-10)14(12(16)9-18-13)15-6-2-3-7-15/h4-5,8,12,14,16H,2-3,6-7,9H2,1H3. The molecule has 0 aromatic heterocycles. The Morgan fingerprint density at radius 2 is 2.11 bits per heavy atom. The van der Waals surface area contributed by atoms with Crippen LogP contribution in [0, 0.1) is 0 Å². The van der Waals surface area contributed by atoms with E-state index in [9.17, 15) is 5.11 Å². The summed E-state index contributed by atoms with van der Waals surface area (Å²) < 4.78 is 10.9. The van der Waals surface area contributed by atoms with E-state index in [0.717, 1.165) is 30.2 Å². The first kappa shape index (κ1) is 11.8. The Labute approximate surface area is 107 Å². The summed E-state index contributed by atoms with van der Waals surface area (Å²) in [5.41, 5.74) is 1.05. The summed E-state index contributed by atoms with van der Waals surface area (Å²) in [4.78, 5) is 2.35. The number of nitrogens with zero attached hydrogens (tertiary/aromatic N) is 1. The molecule has 0 spiro atoms. The second-order valence-corrected chi connectivity index (χ2v) is 4.97. The van der Waals surface area contributed by atoms with Gasteiger partial charge in [0.2, 0.25) is 0 Å². The van der Waals surface area contributed by atoms with Crippen molar-refractivity contribution in [2.75, 3.05) is 26.8 Å². The van der Waals surface area contributed by atoms with Gasteiger partial charge in [-0.2, -0.15) is 0 Å². The Balaban J connectivity index is 1.98. The molecule has 2 unspecified atom stereocenters. The summed E-state index contributed by atoms with van der Waals surface area (Å²) in [6.07, 6.45) is 1.97. The summed E-state index contributed by atoms with van der Waals surface area (Å²) in [6, 6.07) is 5.87. The zero-order valence-electron chi connectivity index (χ0n) is 10.6. The molecule has 4 heteroatoms. The normalized spacial score (nSPS) is 27.7. The number of likely N-dealkylation sites (tertiary alicyclic amines) is 1. The minimum atomic E-state index is -0.456. The van der Waals surface area contributed by atoms with Crippen LogP contribution in [0.3, 0.4) is 0 Å². The van der Waals surface area contributed by atoms with E-state index in [1.165, 1.54) is 12.8 Å². The van der Waals surface area contributed by atoms with Crippen LogP contribution < -0.4 is 9.47 Å². The van der Waals surface area contributed by atoms with Gasteiger partial charge in [-0.25, -0.2) is 0 Å². The number of methoxy groups -OCH3 is 1. The lowest BCUT2D eigenvalue weighted by molar-refractivity contribution is 0.00864. The van der Waals surface area contributed by atoms with Crippen molar-refractivity contribution in [3.8, 4) is 11.5 Å². The van der Waals surface area contributed by atoms with Gasteiger partial charge >= 0.3 is 0 Å². The van der Waals surface area contributed by atoms with Crippen LogP contribution in [0.5, 0.6) is 11.5 Å². The van der Waals surface area contributed by atoms with Crippen LogP contribution in [-0.4, -0.2) is 42.9 Å². The quantitative estimate of drug-likeness (QED) is 0.864. The summed E-state index contributed by atoms with van der Waals surface area (Å²) in [5.74, 6) is 1.69. The molecule has 1 aromatic carbocycles. The van der Waals surface area contributed by atoms with E-state index in [4.69, 9.17) is 9.47 Å². The Bertz CT molecular complexity index is 429. The zero-order chi connectivity index (χ0) is 12.5. The molecule has 2 aliphatic heterocycles. The SMILES string of the molecule is COc1ccc2c(c1)C(N1CCCC1)C(O)CO2. The minimum Gasteiger partial charge on any atom is -0.497 e. The van der Waals surface area contributed by atoms with Gasteiger partial charge in [0.25, 0.3) is 0 Å². The van der Waals surface area contributed by atoms with Gasteiger partial charge in [-0.05, 0) is 44.1 Å². The van der Waals surface area contributed by atoms with E-state index >= 15 is 0 Å². The van der Waals surface area contributed by atoms with E-state index in [1.54, 1.807) is 7.11 Å². The maximum Gasteiger partial charge on any atom is 0.124 e. The molecule has 18 heavy (non-hydrogen) atoms. The van der Waals surface area contributed by atoms with Crippen molar-refractivity contribution < 1.29 is 14.6 Å². The van der Waals surface area contributed by atoms with Crippen molar-refractivity contribution in [3.63, 3.8) is 0 Å². The number of benzene rings is 1. The molecule has 1 saturated heterocycles. The lowest BCUT2D eigenvalue weighted by Gasteiger charge is -2.36. The fraction of sp³-hybridized carbons (Fsp3) is 0.571. The first-order chi connectivity index (χ1) is 8.79. The van der Waals surface area contributed by atoms with Crippen LogP contribution in [-0.2, 0) is 0 Å². The molecule has 0 bridgehead atoms.